The minimum absolute atomic E-state index is 0.282. The first-order valence-corrected chi connectivity index (χ1v) is 11.7. The van der Waals surface area contributed by atoms with Crippen molar-refractivity contribution in [2.75, 3.05) is 7.05 Å². The standard InChI is InChI=1S/C23H26N6O2S/c1-28(15-19-6-3-2-4-7-19)32(30,31)21-9-5-8-20(14-21)16-29(17-22-24-10-11-25-22)18-23-26-12-13-27-23/h2-14H,15-18H2,1H3,(H,24,25)(H,26,27). The molecule has 166 valence electrons. The van der Waals surface area contributed by atoms with Crippen molar-refractivity contribution in [1.82, 2.24) is 29.1 Å². The van der Waals surface area contributed by atoms with E-state index in [-0.39, 0.29) is 4.90 Å². The number of hydrogen-bond donors (Lipinski definition) is 2. The fraction of sp³-hybridized carbons (Fsp3) is 0.217. The van der Waals surface area contributed by atoms with E-state index in [0.29, 0.717) is 26.2 Å². The number of aromatic amines is 2. The monoisotopic (exact) mass is 450 g/mol. The van der Waals surface area contributed by atoms with Crippen molar-refractivity contribution < 1.29 is 8.42 Å². The highest BCUT2D eigenvalue weighted by Crippen LogP contribution is 2.20. The summed E-state index contributed by atoms with van der Waals surface area (Å²) in [7, 11) is -2.01. The van der Waals surface area contributed by atoms with Crippen LogP contribution < -0.4 is 0 Å². The fourth-order valence-corrected chi connectivity index (χ4v) is 4.76. The average molecular weight is 451 g/mol. The molecule has 32 heavy (non-hydrogen) atoms. The van der Waals surface area contributed by atoms with Crippen molar-refractivity contribution >= 4 is 10.0 Å². The number of H-pyrrole nitrogens is 2. The van der Waals surface area contributed by atoms with Gasteiger partial charge in [-0.05, 0) is 23.3 Å². The summed E-state index contributed by atoms with van der Waals surface area (Å²) >= 11 is 0. The summed E-state index contributed by atoms with van der Waals surface area (Å²) in [5.41, 5.74) is 1.84. The molecule has 0 spiro atoms. The topological polar surface area (TPSA) is 98.0 Å². The molecule has 0 unspecified atom stereocenters. The molecule has 2 heterocycles. The Morgan fingerprint density at radius 3 is 2.00 bits per heavy atom. The lowest BCUT2D eigenvalue weighted by atomic mass is 10.2. The Labute approximate surface area is 188 Å². The largest absolute Gasteiger partial charge is 0.348 e. The second-order valence-electron chi connectivity index (χ2n) is 7.61. The molecule has 0 saturated heterocycles. The molecule has 0 bridgehead atoms. The van der Waals surface area contributed by atoms with E-state index in [2.05, 4.69) is 24.8 Å². The summed E-state index contributed by atoms with van der Waals surface area (Å²) in [6, 6.07) is 16.7. The third-order valence-corrected chi connectivity index (χ3v) is 6.92. The molecule has 0 aliphatic heterocycles. The van der Waals surface area contributed by atoms with E-state index in [1.807, 2.05) is 36.4 Å². The summed E-state index contributed by atoms with van der Waals surface area (Å²) in [5.74, 6) is 1.67. The van der Waals surface area contributed by atoms with Gasteiger partial charge in [-0.1, -0.05) is 42.5 Å². The SMILES string of the molecule is CN(Cc1ccccc1)S(=O)(=O)c1cccc(CN(Cc2ncc[nH]2)Cc2ncc[nH]2)c1. The lowest BCUT2D eigenvalue weighted by molar-refractivity contribution is 0.236. The molecule has 0 saturated carbocycles. The Kier molecular flexibility index (Phi) is 6.79. The molecule has 4 rings (SSSR count). The van der Waals surface area contributed by atoms with Crippen LogP contribution in [0.4, 0.5) is 0 Å². The molecule has 0 amide bonds. The van der Waals surface area contributed by atoms with Gasteiger partial charge in [0.05, 0.1) is 18.0 Å². The molecule has 4 aromatic rings. The molecule has 2 aromatic heterocycles. The minimum atomic E-state index is -3.62. The summed E-state index contributed by atoms with van der Waals surface area (Å²) in [6.07, 6.45) is 7.01. The van der Waals surface area contributed by atoms with Gasteiger partial charge in [-0.25, -0.2) is 18.4 Å². The van der Waals surface area contributed by atoms with Gasteiger partial charge < -0.3 is 9.97 Å². The highest BCUT2D eigenvalue weighted by atomic mass is 32.2. The maximum absolute atomic E-state index is 13.2. The summed E-state index contributed by atoms with van der Waals surface area (Å²) < 4.78 is 27.7. The van der Waals surface area contributed by atoms with E-state index in [9.17, 15) is 8.42 Å². The van der Waals surface area contributed by atoms with Crippen LogP contribution in [0.5, 0.6) is 0 Å². The number of sulfonamides is 1. The van der Waals surface area contributed by atoms with E-state index in [4.69, 9.17) is 0 Å². The predicted octanol–water partition coefficient (Wildman–Crippen LogP) is 3.16. The lowest BCUT2D eigenvalue weighted by Crippen LogP contribution is -2.27. The van der Waals surface area contributed by atoms with Crippen molar-refractivity contribution in [3.05, 3.63) is 102 Å². The van der Waals surface area contributed by atoms with Gasteiger partial charge in [0.25, 0.3) is 0 Å². The maximum atomic E-state index is 13.2. The van der Waals surface area contributed by atoms with Crippen molar-refractivity contribution in [2.24, 2.45) is 0 Å². The van der Waals surface area contributed by atoms with Crippen LogP contribution in [0.2, 0.25) is 0 Å². The van der Waals surface area contributed by atoms with Crippen LogP contribution in [0.25, 0.3) is 0 Å². The van der Waals surface area contributed by atoms with Crippen LogP contribution in [0.1, 0.15) is 22.8 Å². The van der Waals surface area contributed by atoms with Crippen LogP contribution in [-0.4, -0.2) is 44.6 Å². The summed E-state index contributed by atoms with van der Waals surface area (Å²) in [5, 5.41) is 0. The Bertz CT molecular complexity index is 1170. The molecule has 2 N–H and O–H groups in total. The molecule has 0 radical (unpaired) electrons. The number of imidazole rings is 2. The number of nitrogens with one attached hydrogen (secondary N) is 2. The van der Waals surface area contributed by atoms with Gasteiger partial charge in [0, 0.05) is 44.9 Å². The van der Waals surface area contributed by atoms with Crippen LogP contribution in [0.15, 0.2) is 84.3 Å². The number of rotatable bonds is 10. The smallest absolute Gasteiger partial charge is 0.243 e. The summed E-state index contributed by atoms with van der Waals surface area (Å²) in [6.45, 7) is 2.03. The average Bonchev–Trinajstić information content (AvgIpc) is 3.49. The molecule has 2 aromatic carbocycles. The zero-order valence-corrected chi connectivity index (χ0v) is 18.7. The maximum Gasteiger partial charge on any atom is 0.243 e. The Morgan fingerprint density at radius 2 is 1.41 bits per heavy atom. The minimum Gasteiger partial charge on any atom is -0.348 e. The predicted molar refractivity (Wildman–Crippen MR) is 122 cm³/mol. The van der Waals surface area contributed by atoms with Gasteiger partial charge in [0.1, 0.15) is 11.6 Å². The fourth-order valence-electron chi connectivity index (χ4n) is 3.53. The first kappa shape index (κ1) is 21.9. The molecule has 0 aliphatic carbocycles. The molecular formula is C23H26N6O2S. The van der Waals surface area contributed by atoms with E-state index in [1.54, 1.807) is 50.0 Å². The summed E-state index contributed by atoms with van der Waals surface area (Å²) in [4.78, 5) is 17.3. The molecular weight excluding hydrogens is 424 g/mol. The third-order valence-electron chi connectivity index (χ3n) is 5.12. The molecule has 0 fully saturated rings. The van der Waals surface area contributed by atoms with Crippen LogP contribution in [-0.2, 0) is 36.2 Å². The number of aromatic nitrogens is 4. The van der Waals surface area contributed by atoms with Crippen molar-refractivity contribution in [2.45, 2.75) is 31.1 Å². The second kappa shape index (κ2) is 9.90. The van der Waals surface area contributed by atoms with E-state index < -0.39 is 10.0 Å². The zero-order chi connectivity index (χ0) is 22.4. The van der Waals surface area contributed by atoms with Gasteiger partial charge in [-0.3, -0.25) is 4.90 Å². The Morgan fingerprint density at radius 1 is 0.781 bits per heavy atom. The number of hydrogen-bond acceptors (Lipinski definition) is 5. The zero-order valence-electron chi connectivity index (χ0n) is 17.8. The number of nitrogens with zero attached hydrogens (tertiary/aromatic N) is 4. The second-order valence-corrected chi connectivity index (χ2v) is 9.66. The van der Waals surface area contributed by atoms with Crippen molar-refractivity contribution in [3.8, 4) is 0 Å². The molecule has 8 nitrogen and oxygen atoms in total. The highest BCUT2D eigenvalue weighted by Gasteiger charge is 2.21. The first-order chi connectivity index (χ1) is 15.5. The third kappa shape index (κ3) is 5.50. The van der Waals surface area contributed by atoms with Gasteiger partial charge in [0.2, 0.25) is 10.0 Å². The first-order valence-electron chi connectivity index (χ1n) is 10.3. The normalized spacial score (nSPS) is 12.0. The number of benzene rings is 2. The van der Waals surface area contributed by atoms with Crippen LogP contribution in [0, 0.1) is 0 Å². The van der Waals surface area contributed by atoms with E-state index in [0.717, 1.165) is 22.8 Å². The molecule has 0 aliphatic rings. The van der Waals surface area contributed by atoms with Crippen LogP contribution >= 0.6 is 0 Å². The molecule has 0 atom stereocenters. The van der Waals surface area contributed by atoms with Gasteiger partial charge >= 0.3 is 0 Å². The Hall–Kier alpha value is -3.27. The van der Waals surface area contributed by atoms with Crippen molar-refractivity contribution in [3.63, 3.8) is 0 Å². The van der Waals surface area contributed by atoms with Crippen molar-refractivity contribution in [1.29, 1.82) is 0 Å². The van der Waals surface area contributed by atoms with Gasteiger partial charge in [-0.2, -0.15) is 4.31 Å². The van der Waals surface area contributed by atoms with Crippen LogP contribution in [0.3, 0.4) is 0 Å². The van der Waals surface area contributed by atoms with E-state index >= 15 is 0 Å². The quantitative estimate of drug-likeness (QED) is 0.387. The van der Waals surface area contributed by atoms with Gasteiger partial charge in [-0.15, -0.1) is 0 Å². The van der Waals surface area contributed by atoms with Gasteiger partial charge in [0.15, 0.2) is 0 Å². The molecule has 9 heteroatoms. The Balaban J connectivity index is 1.52. The lowest BCUT2D eigenvalue weighted by Gasteiger charge is -2.21. The van der Waals surface area contributed by atoms with E-state index in [1.165, 1.54) is 4.31 Å². The highest BCUT2D eigenvalue weighted by molar-refractivity contribution is 7.89.